The Morgan fingerprint density at radius 3 is 2.85 bits per heavy atom. The van der Waals surface area contributed by atoms with Crippen LogP contribution in [0.5, 0.6) is 11.5 Å². The molecule has 132 valence electrons. The molecule has 1 N–H and O–H groups in total. The summed E-state index contributed by atoms with van der Waals surface area (Å²) in [6.45, 7) is 1.85. The number of carbonyl (C=O) groups is 1. The van der Waals surface area contributed by atoms with Crippen LogP contribution in [0.2, 0.25) is 0 Å². The molecule has 0 bridgehead atoms. The van der Waals surface area contributed by atoms with Crippen LogP contribution in [0, 0.1) is 5.82 Å². The van der Waals surface area contributed by atoms with E-state index >= 15 is 0 Å². The SMILES string of the molecule is C[C@H](NC(=O)c1ccccc1F)c1nc(-c2ccc3c(c2)OCO3)no1. The second kappa shape index (κ2) is 6.47. The van der Waals surface area contributed by atoms with Gasteiger partial charge in [-0.05, 0) is 37.3 Å². The highest BCUT2D eigenvalue weighted by molar-refractivity contribution is 5.94. The summed E-state index contributed by atoms with van der Waals surface area (Å²) in [5.41, 5.74) is 0.645. The van der Waals surface area contributed by atoms with Crippen LogP contribution >= 0.6 is 0 Å². The zero-order valence-corrected chi connectivity index (χ0v) is 13.7. The molecule has 8 heteroatoms. The Kier molecular flexibility index (Phi) is 4.00. The molecule has 3 aromatic rings. The standard InChI is InChI=1S/C18H14FN3O4/c1-10(20-17(23)12-4-2-3-5-13(12)19)18-21-16(22-26-18)11-6-7-14-15(8-11)25-9-24-14/h2-8,10H,9H2,1H3,(H,20,23)/t10-/m0/s1. The minimum atomic E-state index is -0.594. The summed E-state index contributed by atoms with van der Waals surface area (Å²) in [5, 5.41) is 6.56. The third-order valence-electron chi connectivity index (χ3n) is 3.91. The molecule has 0 saturated heterocycles. The minimum Gasteiger partial charge on any atom is -0.454 e. The van der Waals surface area contributed by atoms with Crippen molar-refractivity contribution in [2.45, 2.75) is 13.0 Å². The fourth-order valence-corrected chi connectivity index (χ4v) is 2.55. The number of halogens is 1. The van der Waals surface area contributed by atoms with E-state index < -0.39 is 17.8 Å². The molecule has 7 nitrogen and oxygen atoms in total. The molecule has 0 unspecified atom stereocenters. The van der Waals surface area contributed by atoms with Gasteiger partial charge in [-0.3, -0.25) is 4.79 Å². The summed E-state index contributed by atoms with van der Waals surface area (Å²) in [5.74, 6) is 0.674. The number of ether oxygens (including phenoxy) is 2. The van der Waals surface area contributed by atoms with Crippen molar-refractivity contribution in [2.75, 3.05) is 6.79 Å². The highest BCUT2D eigenvalue weighted by atomic mass is 19.1. The lowest BCUT2D eigenvalue weighted by Gasteiger charge is -2.10. The van der Waals surface area contributed by atoms with Gasteiger partial charge < -0.3 is 19.3 Å². The highest BCUT2D eigenvalue weighted by Crippen LogP contribution is 2.35. The van der Waals surface area contributed by atoms with Gasteiger partial charge in [0.2, 0.25) is 18.5 Å². The highest BCUT2D eigenvalue weighted by Gasteiger charge is 2.21. The van der Waals surface area contributed by atoms with Crippen LogP contribution in [-0.2, 0) is 0 Å². The number of carbonyl (C=O) groups excluding carboxylic acids is 1. The maximum atomic E-state index is 13.7. The molecular weight excluding hydrogens is 341 g/mol. The molecule has 26 heavy (non-hydrogen) atoms. The lowest BCUT2D eigenvalue weighted by Crippen LogP contribution is -2.27. The second-order valence-electron chi connectivity index (χ2n) is 5.70. The first-order valence-corrected chi connectivity index (χ1v) is 7.91. The van der Waals surface area contributed by atoms with Gasteiger partial charge in [-0.1, -0.05) is 17.3 Å². The van der Waals surface area contributed by atoms with E-state index in [1.54, 1.807) is 31.2 Å². The van der Waals surface area contributed by atoms with E-state index in [4.69, 9.17) is 14.0 Å². The van der Waals surface area contributed by atoms with Gasteiger partial charge in [0.25, 0.3) is 5.91 Å². The lowest BCUT2D eigenvalue weighted by atomic mass is 10.2. The maximum Gasteiger partial charge on any atom is 0.254 e. The van der Waals surface area contributed by atoms with Crippen molar-refractivity contribution < 1.29 is 23.2 Å². The average molecular weight is 355 g/mol. The number of nitrogens with one attached hydrogen (secondary N) is 1. The zero-order chi connectivity index (χ0) is 18.1. The largest absolute Gasteiger partial charge is 0.454 e. The predicted octanol–water partition coefficient (Wildman–Crippen LogP) is 3.10. The molecule has 1 aliphatic rings. The molecule has 0 fully saturated rings. The maximum absolute atomic E-state index is 13.7. The Balaban J connectivity index is 1.51. The van der Waals surface area contributed by atoms with Gasteiger partial charge >= 0.3 is 0 Å². The third kappa shape index (κ3) is 2.97. The van der Waals surface area contributed by atoms with Gasteiger partial charge in [0.05, 0.1) is 5.56 Å². The van der Waals surface area contributed by atoms with Gasteiger partial charge in [0.15, 0.2) is 11.5 Å². The molecule has 0 radical (unpaired) electrons. The monoisotopic (exact) mass is 355 g/mol. The minimum absolute atomic E-state index is 0.0464. The number of benzene rings is 2. The van der Waals surface area contributed by atoms with Crippen LogP contribution in [0.3, 0.4) is 0 Å². The number of nitrogens with zero attached hydrogens (tertiary/aromatic N) is 2. The smallest absolute Gasteiger partial charge is 0.254 e. The van der Waals surface area contributed by atoms with E-state index in [9.17, 15) is 9.18 Å². The van der Waals surface area contributed by atoms with Crippen molar-refractivity contribution in [3.8, 4) is 22.9 Å². The number of hydrogen-bond acceptors (Lipinski definition) is 6. The Labute approximate surface area is 147 Å². The number of amides is 1. The van der Waals surface area contributed by atoms with Gasteiger partial charge in [-0.2, -0.15) is 4.98 Å². The van der Waals surface area contributed by atoms with E-state index in [0.29, 0.717) is 22.9 Å². The van der Waals surface area contributed by atoms with Crippen molar-refractivity contribution in [1.29, 1.82) is 0 Å². The Morgan fingerprint density at radius 1 is 1.19 bits per heavy atom. The van der Waals surface area contributed by atoms with Crippen molar-refractivity contribution in [1.82, 2.24) is 15.5 Å². The molecule has 1 aromatic heterocycles. The summed E-state index contributed by atoms with van der Waals surface area (Å²) in [6.07, 6.45) is 0. The zero-order valence-electron chi connectivity index (χ0n) is 13.7. The Morgan fingerprint density at radius 2 is 2.00 bits per heavy atom. The fraction of sp³-hybridized carbons (Fsp3) is 0.167. The fourth-order valence-electron chi connectivity index (χ4n) is 2.55. The van der Waals surface area contributed by atoms with Crippen LogP contribution < -0.4 is 14.8 Å². The quantitative estimate of drug-likeness (QED) is 0.774. The topological polar surface area (TPSA) is 86.5 Å². The Hall–Kier alpha value is -3.42. The summed E-state index contributed by atoms with van der Waals surface area (Å²) < 4.78 is 29.5. The first-order chi connectivity index (χ1) is 12.6. The van der Waals surface area contributed by atoms with Gasteiger partial charge in [-0.25, -0.2) is 4.39 Å². The number of fused-ring (bicyclic) bond motifs is 1. The molecule has 0 spiro atoms. The van der Waals surface area contributed by atoms with Gasteiger partial charge in [0, 0.05) is 5.56 Å². The number of hydrogen-bond donors (Lipinski definition) is 1. The Bertz CT molecular complexity index is 973. The molecule has 0 saturated carbocycles. The van der Waals surface area contributed by atoms with E-state index in [0.717, 1.165) is 0 Å². The molecule has 4 rings (SSSR count). The van der Waals surface area contributed by atoms with E-state index in [1.165, 1.54) is 18.2 Å². The summed E-state index contributed by atoms with van der Waals surface area (Å²) >= 11 is 0. The molecule has 1 amide bonds. The molecule has 1 aliphatic heterocycles. The van der Waals surface area contributed by atoms with E-state index in [-0.39, 0.29) is 18.2 Å². The number of aromatic nitrogens is 2. The number of rotatable bonds is 4. The van der Waals surface area contributed by atoms with Gasteiger partial charge in [0.1, 0.15) is 11.9 Å². The lowest BCUT2D eigenvalue weighted by molar-refractivity contribution is 0.0928. The van der Waals surface area contributed by atoms with Crippen LogP contribution in [0.1, 0.15) is 29.2 Å². The van der Waals surface area contributed by atoms with Crippen molar-refractivity contribution in [2.24, 2.45) is 0 Å². The molecule has 1 atom stereocenters. The molecule has 2 heterocycles. The normalized spacial score (nSPS) is 13.5. The summed E-state index contributed by atoms with van der Waals surface area (Å²) in [7, 11) is 0. The van der Waals surface area contributed by atoms with Gasteiger partial charge in [-0.15, -0.1) is 0 Å². The van der Waals surface area contributed by atoms with Crippen molar-refractivity contribution in [3.05, 3.63) is 59.7 Å². The first-order valence-electron chi connectivity index (χ1n) is 7.91. The van der Waals surface area contributed by atoms with Crippen molar-refractivity contribution in [3.63, 3.8) is 0 Å². The molecular formula is C18H14FN3O4. The predicted molar refractivity (Wildman–Crippen MR) is 88.1 cm³/mol. The van der Waals surface area contributed by atoms with Crippen LogP contribution in [0.4, 0.5) is 4.39 Å². The third-order valence-corrected chi connectivity index (χ3v) is 3.91. The van der Waals surface area contributed by atoms with Crippen molar-refractivity contribution >= 4 is 5.91 Å². The van der Waals surface area contributed by atoms with E-state index in [2.05, 4.69) is 15.5 Å². The summed E-state index contributed by atoms with van der Waals surface area (Å²) in [6, 6.07) is 10.4. The molecule has 2 aromatic carbocycles. The van der Waals surface area contributed by atoms with Crippen LogP contribution in [0.25, 0.3) is 11.4 Å². The summed E-state index contributed by atoms with van der Waals surface area (Å²) in [4.78, 5) is 16.5. The van der Waals surface area contributed by atoms with Crippen LogP contribution in [0.15, 0.2) is 47.0 Å². The second-order valence-corrected chi connectivity index (χ2v) is 5.70. The first kappa shape index (κ1) is 16.1. The van der Waals surface area contributed by atoms with E-state index in [1.807, 2.05) is 0 Å². The molecule has 0 aliphatic carbocycles. The van der Waals surface area contributed by atoms with Crippen LogP contribution in [-0.4, -0.2) is 22.8 Å². The average Bonchev–Trinajstić information content (AvgIpc) is 3.30.